The van der Waals surface area contributed by atoms with Gasteiger partial charge in [0, 0.05) is 33.3 Å². The monoisotopic (exact) mass is 500 g/mol. The van der Waals surface area contributed by atoms with Gasteiger partial charge in [-0.25, -0.2) is 0 Å². The first-order chi connectivity index (χ1) is 16.4. The van der Waals surface area contributed by atoms with Crippen molar-refractivity contribution in [3.8, 4) is 28.7 Å². The summed E-state index contributed by atoms with van der Waals surface area (Å²) in [6.45, 7) is 2.01. The number of methoxy groups -OCH3 is 3. The highest BCUT2D eigenvalue weighted by atomic mass is 35.5. The van der Waals surface area contributed by atoms with Gasteiger partial charge in [0.15, 0.2) is 17.3 Å². The summed E-state index contributed by atoms with van der Waals surface area (Å²) in [7, 11) is 4.61. The largest absolute Gasteiger partial charge is 0.496 e. The molecule has 176 valence electrons. The maximum Gasteiger partial charge on any atom is 0.232 e. The minimum atomic E-state index is -0.231. The lowest BCUT2D eigenvalue weighted by Crippen LogP contribution is -2.01. The summed E-state index contributed by atoms with van der Waals surface area (Å²) in [6, 6.07) is 12.1. The molecule has 0 aliphatic carbocycles. The Kier molecular flexibility index (Phi) is 6.91. The van der Waals surface area contributed by atoms with Gasteiger partial charge in [0.25, 0.3) is 0 Å². The van der Waals surface area contributed by atoms with Crippen LogP contribution in [0.25, 0.3) is 6.08 Å². The molecule has 0 unspecified atom stereocenters. The molecule has 0 N–H and O–H groups in total. The van der Waals surface area contributed by atoms with Crippen LogP contribution in [0, 0.1) is 6.92 Å². The molecule has 34 heavy (non-hydrogen) atoms. The summed E-state index contributed by atoms with van der Waals surface area (Å²) >= 11 is 12.5. The number of Topliss-reactive ketones (excluding diaryl/α,β-unsaturated/α-hetero) is 1. The molecule has 3 aromatic carbocycles. The predicted molar refractivity (Wildman–Crippen MR) is 131 cm³/mol. The van der Waals surface area contributed by atoms with Crippen molar-refractivity contribution >= 4 is 35.1 Å². The number of benzene rings is 3. The third-order valence-electron chi connectivity index (χ3n) is 5.41. The zero-order valence-corrected chi connectivity index (χ0v) is 20.5. The zero-order valence-electron chi connectivity index (χ0n) is 19.0. The fourth-order valence-electron chi connectivity index (χ4n) is 3.69. The third-order valence-corrected chi connectivity index (χ3v) is 6.12. The Morgan fingerprint density at radius 1 is 0.912 bits per heavy atom. The first-order valence-corrected chi connectivity index (χ1v) is 11.1. The van der Waals surface area contributed by atoms with Gasteiger partial charge >= 0.3 is 0 Å². The van der Waals surface area contributed by atoms with E-state index in [1.165, 1.54) is 21.3 Å². The zero-order chi connectivity index (χ0) is 24.4. The molecular weight excluding hydrogens is 479 g/mol. The van der Waals surface area contributed by atoms with Crippen LogP contribution in [0.1, 0.15) is 27.0 Å². The van der Waals surface area contributed by atoms with Crippen LogP contribution in [0.5, 0.6) is 28.7 Å². The number of hydrogen-bond acceptors (Lipinski definition) is 6. The Balaban J connectivity index is 1.63. The standard InChI is InChI=1S/C26H22Cl2O6/c1-14-8-16(33-13-17-18(27)6-5-7-19(17)28)11-23-25(14)26(29)24(34-23)10-15-9-21(31-3)22(32-4)12-20(15)30-2/h5-12H,13H2,1-4H3/b24-10-. The highest BCUT2D eigenvalue weighted by Crippen LogP contribution is 2.40. The number of hydrogen-bond donors (Lipinski definition) is 0. The maximum absolute atomic E-state index is 13.1. The molecular formula is C26H22Cl2O6. The Morgan fingerprint density at radius 3 is 2.21 bits per heavy atom. The second-order valence-electron chi connectivity index (χ2n) is 7.49. The number of allylic oxidation sites excluding steroid dienone is 1. The molecule has 0 fully saturated rings. The normalized spacial score (nSPS) is 13.5. The van der Waals surface area contributed by atoms with E-state index in [2.05, 4.69) is 0 Å². The van der Waals surface area contributed by atoms with Gasteiger partial charge in [-0.15, -0.1) is 0 Å². The SMILES string of the molecule is COc1cc(OC)c(OC)cc1/C=C1\Oc2cc(OCc3c(Cl)cccc3Cl)cc(C)c2C1=O. The quantitative estimate of drug-likeness (QED) is 0.344. The van der Waals surface area contributed by atoms with E-state index in [1.807, 2.05) is 6.92 Å². The summed E-state index contributed by atoms with van der Waals surface area (Å²) in [5, 5.41) is 1.04. The minimum Gasteiger partial charge on any atom is -0.496 e. The van der Waals surface area contributed by atoms with Crippen LogP contribution in [0.2, 0.25) is 10.0 Å². The number of aryl methyl sites for hydroxylation is 1. The summed E-state index contributed by atoms with van der Waals surface area (Å²) < 4.78 is 28.0. The number of ketones is 1. The van der Waals surface area contributed by atoms with E-state index in [4.69, 9.17) is 46.9 Å². The molecule has 3 aromatic rings. The number of carbonyl (C=O) groups excluding carboxylic acids is 1. The van der Waals surface area contributed by atoms with Crippen molar-refractivity contribution in [2.75, 3.05) is 21.3 Å². The first-order valence-electron chi connectivity index (χ1n) is 10.3. The summed E-state index contributed by atoms with van der Waals surface area (Å²) in [6.07, 6.45) is 1.62. The van der Waals surface area contributed by atoms with Gasteiger partial charge in [0.1, 0.15) is 23.9 Å². The average Bonchev–Trinajstić information content (AvgIpc) is 3.13. The van der Waals surface area contributed by atoms with E-state index in [0.717, 1.165) is 5.56 Å². The summed E-state index contributed by atoms with van der Waals surface area (Å²) in [5.74, 6) is 2.40. The highest BCUT2D eigenvalue weighted by molar-refractivity contribution is 6.35. The van der Waals surface area contributed by atoms with Gasteiger partial charge in [0.05, 0.1) is 26.9 Å². The van der Waals surface area contributed by atoms with Gasteiger partial charge in [-0.1, -0.05) is 29.3 Å². The second-order valence-corrected chi connectivity index (χ2v) is 8.31. The lowest BCUT2D eigenvalue weighted by molar-refractivity contribution is 0.101. The van der Waals surface area contributed by atoms with Gasteiger partial charge in [-0.05, 0) is 42.8 Å². The van der Waals surface area contributed by atoms with Crippen LogP contribution in [0.15, 0.2) is 48.2 Å². The van der Waals surface area contributed by atoms with Crippen molar-refractivity contribution in [2.45, 2.75) is 13.5 Å². The second kappa shape index (κ2) is 9.87. The van der Waals surface area contributed by atoms with Crippen LogP contribution < -0.4 is 23.7 Å². The van der Waals surface area contributed by atoms with Crippen molar-refractivity contribution in [1.82, 2.24) is 0 Å². The molecule has 6 nitrogen and oxygen atoms in total. The van der Waals surface area contributed by atoms with Crippen LogP contribution in [0.3, 0.4) is 0 Å². The van der Waals surface area contributed by atoms with E-state index in [0.29, 0.717) is 55.5 Å². The number of carbonyl (C=O) groups is 1. The fraction of sp³-hybridized carbons (Fsp3) is 0.192. The molecule has 0 amide bonds. The van der Waals surface area contributed by atoms with E-state index in [1.54, 1.807) is 48.5 Å². The molecule has 1 heterocycles. The van der Waals surface area contributed by atoms with Crippen molar-refractivity contribution in [1.29, 1.82) is 0 Å². The van der Waals surface area contributed by atoms with Gasteiger partial charge < -0.3 is 23.7 Å². The highest BCUT2D eigenvalue weighted by Gasteiger charge is 2.30. The van der Waals surface area contributed by atoms with Crippen molar-refractivity contribution in [3.63, 3.8) is 0 Å². The van der Waals surface area contributed by atoms with Crippen LogP contribution in [0.4, 0.5) is 0 Å². The number of halogens is 2. The third kappa shape index (κ3) is 4.52. The maximum atomic E-state index is 13.1. The van der Waals surface area contributed by atoms with Gasteiger partial charge in [-0.3, -0.25) is 4.79 Å². The molecule has 1 aliphatic heterocycles. The molecule has 0 spiro atoms. The van der Waals surface area contributed by atoms with Crippen molar-refractivity contribution in [3.05, 3.63) is 80.5 Å². The predicted octanol–water partition coefficient (Wildman–Crippen LogP) is 6.52. The Hall–Kier alpha value is -3.35. The van der Waals surface area contributed by atoms with Crippen LogP contribution >= 0.6 is 23.2 Å². The Morgan fingerprint density at radius 2 is 1.56 bits per heavy atom. The molecule has 8 heteroatoms. The van der Waals surface area contributed by atoms with Crippen LogP contribution in [-0.2, 0) is 6.61 Å². The minimum absolute atomic E-state index is 0.162. The number of ether oxygens (including phenoxy) is 5. The summed E-state index contributed by atoms with van der Waals surface area (Å²) in [4.78, 5) is 13.1. The van der Waals surface area contributed by atoms with E-state index in [-0.39, 0.29) is 18.1 Å². The fourth-order valence-corrected chi connectivity index (χ4v) is 4.20. The first kappa shape index (κ1) is 23.8. The summed E-state index contributed by atoms with van der Waals surface area (Å²) in [5.41, 5.74) is 2.50. The Bertz CT molecular complexity index is 1280. The van der Waals surface area contributed by atoms with E-state index >= 15 is 0 Å². The number of rotatable bonds is 7. The van der Waals surface area contributed by atoms with Crippen molar-refractivity contribution < 1.29 is 28.5 Å². The topological polar surface area (TPSA) is 63.2 Å². The average molecular weight is 501 g/mol. The lowest BCUT2D eigenvalue weighted by Gasteiger charge is -2.12. The molecule has 0 bridgehead atoms. The molecule has 1 aliphatic rings. The molecule has 0 radical (unpaired) electrons. The lowest BCUT2D eigenvalue weighted by atomic mass is 10.0. The van der Waals surface area contributed by atoms with E-state index in [9.17, 15) is 4.79 Å². The van der Waals surface area contributed by atoms with Crippen LogP contribution in [-0.4, -0.2) is 27.1 Å². The molecule has 0 aromatic heterocycles. The van der Waals surface area contributed by atoms with Gasteiger partial charge in [-0.2, -0.15) is 0 Å². The molecule has 0 atom stereocenters. The molecule has 4 rings (SSSR count). The van der Waals surface area contributed by atoms with Crippen molar-refractivity contribution in [2.24, 2.45) is 0 Å². The smallest absolute Gasteiger partial charge is 0.232 e. The molecule has 0 saturated carbocycles. The Labute approximate surface area is 207 Å². The number of fused-ring (bicyclic) bond motifs is 1. The molecule has 0 saturated heterocycles. The van der Waals surface area contributed by atoms with E-state index < -0.39 is 0 Å². The van der Waals surface area contributed by atoms with Gasteiger partial charge in [0.2, 0.25) is 5.78 Å².